The zero-order valence-electron chi connectivity index (χ0n) is 14.8. The fourth-order valence-corrected chi connectivity index (χ4v) is 2.31. The van der Waals surface area contributed by atoms with E-state index in [4.69, 9.17) is 9.47 Å². The summed E-state index contributed by atoms with van der Waals surface area (Å²) in [6.45, 7) is 3.44. The van der Waals surface area contributed by atoms with Crippen LogP contribution in [0.3, 0.4) is 0 Å². The van der Waals surface area contributed by atoms with Crippen LogP contribution in [-0.4, -0.2) is 29.3 Å². The van der Waals surface area contributed by atoms with Gasteiger partial charge >= 0.3 is 12.1 Å². The Balaban J connectivity index is 2.05. The lowest BCUT2D eigenvalue weighted by atomic mass is 10.0. The van der Waals surface area contributed by atoms with E-state index >= 15 is 0 Å². The monoisotopic (exact) mass is 357 g/mol. The minimum absolute atomic E-state index is 0.0556. The Kier molecular flexibility index (Phi) is 7.17. The molecule has 0 aromatic heterocycles. The SMILES string of the molecule is CC(C)OC(=O)[C@H](NC(=O)OCc1ccccc1)[C@H](O)c1ccccc1. The Morgan fingerprint density at radius 3 is 2.15 bits per heavy atom. The first kappa shape index (κ1) is 19.5. The summed E-state index contributed by atoms with van der Waals surface area (Å²) in [5.41, 5.74) is 1.30. The van der Waals surface area contributed by atoms with Crippen LogP contribution in [0.2, 0.25) is 0 Å². The summed E-state index contributed by atoms with van der Waals surface area (Å²) in [7, 11) is 0. The molecule has 0 saturated heterocycles. The van der Waals surface area contributed by atoms with Gasteiger partial charge < -0.3 is 19.9 Å². The molecule has 0 unspecified atom stereocenters. The Labute approximate surface area is 152 Å². The van der Waals surface area contributed by atoms with Gasteiger partial charge in [-0.1, -0.05) is 60.7 Å². The van der Waals surface area contributed by atoms with E-state index < -0.39 is 24.2 Å². The first-order valence-corrected chi connectivity index (χ1v) is 8.38. The first-order valence-electron chi connectivity index (χ1n) is 8.38. The number of esters is 1. The van der Waals surface area contributed by atoms with Gasteiger partial charge in [0.2, 0.25) is 0 Å². The lowest BCUT2D eigenvalue weighted by Crippen LogP contribution is -2.46. The maximum Gasteiger partial charge on any atom is 0.408 e. The van der Waals surface area contributed by atoms with E-state index in [-0.39, 0.29) is 12.7 Å². The summed E-state index contributed by atoms with van der Waals surface area (Å²) < 4.78 is 10.3. The fraction of sp³-hybridized carbons (Fsp3) is 0.300. The smallest absolute Gasteiger partial charge is 0.408 e. The van der Waals surface area contributed by atoms with Gasteiger partial charge in [0, 0.05) is 0 Å². The normalized spacial score (nSPS) is 12.9. The fourth-order valence-electron chi connectivity index (χ4n) is 2.31. The number of nitrogens with one attached hydrogen (secondary N) is 1. The number of rotatable bonds is 7. The number of aliphatic hydroxyl groups excluding tert-OH is 1. The van der Waals surface area contributed by atoms with E-state index in [1.165, 1.54) is 0 Å². The van der Waals surface area contributed by atoms with Gasteiger partial charge in [-0.05, 0) is 25.0 Å². The standard InChI is InChI=1S/C20H23NO5/c1-14(2)26-19(23)17(18(22)16-11-7-4-8-12-16)21-20(24)25-13-15-9-5-3-6-10-15/h3-12,14,17-18,22H,13H2,1-2H3,(H,21,24)/t17-,18-/m1/s1. The van der Waals surface area contributed by atoms with Crippen molar-refractivity contribution in [3.8, 4) is 0 Å². The number of ether oxygens (including phenoxy) is 2. The molecule has 2 atom stereocenters. The highest BCUT2D eigenvalue weighted by atomic mass is 16.6. The number of benzene rings is 2. The van der Waals surface area contributed by atoms with E-state index in [1.807, 2.05) is 30.3 Å². The molecular weight excluding hydrogens is 334 g/mol. The van der Waals surface area contributed by atoms with Gasteiger partial charge in [-0.15, -0.1) is 0 Å². The first-order chi connectivity index (χ1) is 12.5. The van der Waals surface area contributed by atoms with Crippen LogP contribution < -0.4 is 5.32 Å². The van der Waals surface area contributed by atoms with Crippen LogP contribution in [0.25, 0.3) is 0 Å². The molecule has 0 heterocycles. The van der Waals surface area contributed by atoms with Gasteiger partial charge in [-0.3, -0.25) is 0 Å². The molecule has 0 radical (unpaired) electrons. The number of carbonyl (C=O) groups excluding carboxylic acids is 2. The zero-order chi connectivity index (χ0) is 18.9. The van der Waals surface area contributed by atoms with Crippen molar-refractivity contribution < 1.29 is 24.2 Å². The zero-order valence-corrected chi connectivity index (χ0v) is 14.8. The third-order valence-corrected chi connectivity index (χ3v) is 3.55. The Morgan fingerprint density at radius 1 is 1.00 bits per heavy atom. The van der Waals surface area contributed by atoms with Gasteiger partial charge in [0.05, 0.1) is 6.10 Å². The van der Waals surface area contributed by atoms with Crippen LogP contribution in [0.15, 0.2) is 60.7 Å². The van der Waals surface area contributed by atoms with Crippen molar-refractivity contribution in [2.45, 2.75) is 38.7 Å². The molecule has 2 aromatic rings. The number of carbonyl (C=O) groups is 2. The van der Waals surface area contributed by atoms with Gasteiger partial charge in [-0.25, -0.2) is 9.59 Å². The highest BCUT2D eigenvalue weighted by Gasteiger charge is 2.32. The van der Waals surface area contributed by atoms with Crippen LogP contribution >= 0.6 is 0 Å². The van der Waals surface area contributed by atoms with Crippen molar-refractivity contribution in [1.29, 1.82) is 0 Å². The molecule has 2 N–H and O–H groups in total. The summed E-state index contributed by atoms with van der Waals surface area (Å²) in [4.78, 5) is 24.4. The molecule has 0 bridgehead atoms. The number of aliphatic hydroxyl groups is 1. The molecule has 0 aliphatic carbocycles. The highest BCUT2D eigenvalue weighted by Crippen LogP contribution is 2.18. The summed E-state index contributed by atoms with van der Waals surface area (Å²) >= 11 is 0. The van der Waals surface area contributed by atoms with Crippen LogP contribution in [-0.2, 0) is 20.9 Å². The second-order valence-corrected chi connectivity index (χ2v) is 6.02. The van der Waals surface area contributed by atoms with Gasteiger partial charge in [-0.2, -0.15) is 0 Å². The summed E-state index contributed by atoms with van der Waals surface area (Å²) in [5, 5.41) is 12.9. The predicted molar refractivity (Wildman–Crippen MR) is 96.2 cm³/mol. The topological polar surface area (TPSA) is 84.9 Å². The predicted octanol–water partition coefficient (Wildman–Crippen LogP) is 2.97. The summed E-state index contributed by atoms with van der Waals surface area (Å²) in [6, 6.07) is 16.5. The molecule has 0 fully saturated rings. The molecule has 2 aromatic carbocycles. The second-order valence-electron chi connectivity index (χ2n) is 6.02. The average molecular weight is 357 g/mol. The highest BCUT2D eigenvalue weighted by molar-refractivity contribution is 5.82. The number of alkyl carbamates (subject to hydrolysis) is 1. The Hall–Kier alpha value is -2.86. The van der Waals surface area contributed by atoms with Crippen molar-refractivity contribution >= 4 is 12.1 Å². The molecule has 0 spiro atoms. The number of hydrogen-bond acceptors (Lipinski definition) is 5. The third-order valence-electron chi connectivity index (χ3n) is 3.55. The molecule has 26 heavy (non-hydrogen) atoms. The minimum Gasteiger partial charge on any atom is -0.461 e. The summed E-state index contributed by atoms with van der Waals surface area (Å²) in [6.07, 6.45) is -2.45. The molecule has 1 amide bonds. The van der Waals surface area contributed by atoms with Crippen molar-refractivity contribution in [2.75, 3.05) is 0 Å². The van der Waals surface area contributed by atoms with E-state index in [1.54, 1.807) is 44.2 Å². The second kappa shape index (κ2) is 9.58. The largest absolute Gasteiger partial charge is 0.461 e. The van der Waals surface area contributed by atoms with Crippen molar-refractivity contribution in [1.82, 2.24) is 5.32 Å². The third kappa shape index (κ3) is 5.89. The average Bonchev–Trinajstić information content (AvgIpc) is 2.65. The number of hydrogen-bond donors (Lipinski definition) is 2. The molecule has 6 nitrogen and oxygen atoms in total. The quantitative estimate of drug-likeness (QED) is 0.744. The lowest BCUT2D eigenvalue weighted by molar-refractivity contribution is -0.153. The van der Waals surface area contributed by atoms with Crippen LogP contribution in [0.5, 0.6) is 0 Å². The molecule has 138 valence electrons. The van der Waals surface area contributed by atoms with E-state index in [2.05, 4.69) is 5.32 Å². The molecule has 0 saturated carbocycles. The molecular formula is C20H23NO5. The maximum absolute atomic E-state index is 12.3. The van der Waals surface area contributed by atoms with Gasteiger partial charge in [0.15, 0.2) is 6.04 Å². The summed E-state index contributed by atoms with van der Waals surface area (Å²) in [5.74, 6) is -0.729. The van der Waals surface area contributed by atoms with E-state index in [0.717, 1.165) is 5.56 Å². The van der Waals surface area contributed by atoms with Crippen molar-refractivity contribution in [3.63, 3.8) is 0 Å². The minimum atomic E-state index is -1.27. The van der Waals surface area contributed by atoms with Crippen LogP contribution in [0.1, 0.15) is 31.1 Å². The molecule has 0 aliphatic heterocycles. The van der Waals surface area contributed by atoms with Crippen molar-refractivity contribution in [3.05, 3.63) is 71.8 Å². The molecule has 2 rings (SSSR count). The van der Waals surface area contributed by atoms with Crippen LogP contribution in [0.4, 0.5) is 4.79 Å². The molecule has 6 heteroatoms. The maximum atomic E-state index is 12.3. The Morgan fingerprint density at radius 2 is 1.58 bits per heavy atom. The van der Waals surface area contributed by atoms with Crippen molar-refractivity contribution in [2.24, 2.45) is 0 Å². The Bertz CT molecular complexity index is 703. The van der Waals surface area contributed by atoms with Crippen LogP contribution in [0, 0.1) is 0 Å². The van der Waals surface area contributed by atoms with E-state index in [9.17, 15) is 14.7 Å². The van der Waals surface area contributed by atoms with E-state index in [0.29, 0.717) is 5.56 Å². The van der Waals surface area contributed by atoms with Gasteiger partial charge in [0.25, 0.3) is 0 Å². The number of amides is 1. The van der Waals surface area contributed by atoms with Gasteiger partial charge in [0.1, 0.15) is 12.7 Å². The lowest BCUT2D eigenvalue weighted by Gasteiger charge is -2.23. The molecule has 0 aliphatic rings.